The zero-order valence-corrected chi connectivity index (χ0v) is 23.2. The molecule has 0 aliphatic heterocycles. The Labute approximate surface area is 215 Å². The minimum absolute atomic E-state index is 0.0500. The first-order valence-electron chi connectivity index (χ1n) is 12.2. The molecule has 0 radical (unpaired) electrons. The summed E-state index contributed by atoms with van der Waals surface area (Å²) in [5.41, 5.74) is 2.97. The van der Waals surface area contributed by atoms with E-state index < -0.39 is 28.5 Å². The minimum Gasteiger partial charge on any atom is -0.495 e. The van der Waals surface area contributed by atoms with Gasteiger partial charge in [0, 0.05) is 12.6 Å². The van der Waals surface area contributed by atoms with Gasteiger partial charge in [-0.05, 0) is 62.4 Å². The third kappa shape index (κ3) is 7.46. The van der Waals surface area contributed by atoms with Gasteiger partial charge in [-0.25, -0.2) is 8.42 Å². The molecule has 0 aromatic heterocycles. The summed E-state index contributed by atoms with van der Waals surface area (Å²) >= 11 is 0. The summed E-state index contributed by atoms with van der Waals surface area (Å²) in [4.78, 5) is 28.5. The topological polar surface area (TPSA) is 96.0 Å². The van der Waals surface area contributed by atoms with E-state index in [1.165, 1.54) is 12.0 Å². The normalized spacial score (nSPS) is 13.0. The van der Waals surface area contributed by atoms with Crippen LogP contribution in [0.5, 0.6) is 5.75 Å². The van der Waals surface area contributed by atoms with Gasteiger partial charge in [0.05, 0.1) is 19.1 Å². The fourth-order valence-corrected chi connectivity index (χ4v) is 4.77. The predicted molar refractivity (Wildman–Crippen MR) is 144 cm³/mol. The Bertz CT molecular complexity index is 1170. The molecule has 0 aliphatic rings. The number of nitrogens with zero attached hydrogens (tertiary/aromatic N) is 2. The Morgan fingerprint density at radius 3 is 2.28 bits per heavy atom. The van der Waals surface area contributed by atoms with Crippen molar-refractivity contribution in [1.82, 2.24) is 10.2 Å². The van der Waals surface area contributed by atoms with Gasteiger partial charge >= 0.3 is 0 Å². The maximum atomic E-state index is 13.8. The van der Waals surface area contributed by atoms with Crippen LogP contribution in [0.3, 0.4) is 0 Å². The van der Waals surface area contributed by atoms with Crippen molar-refractivity contribution in [1.29, 1.82) is 0 Å². The van der Waals surface area contributed by atoms with E-state index in [4.69, 9.17) is 4.74 Å². The second-order valence-electron chi connectivity index (χ2n) is 9.13. The van der Waals surface area contributed by atoms with Gasteiger partial charge in [-0.15, -0.1) is 0 Å². The average Bonchev–Trinajstić information content (AvgIpc) is 2.82. The summed E-state index contributed by atoms with van der Waals surface area (Å²) in [6.45, 7) is 9.23. The Morgan fingerprint density at radius 1 is 1.06 bits per heavy atom. The number of hydrogen-bond donors (Lipinski definition) is 1. The summed E-state index contributed by atoms with van der Waals surface area (Å²) in [7, 11) is -2.40. The molecule has 2 atom stereocenters. The fourth-order valence-electron chi connectivity index (χ4n) is 3.92. The van der Waals surface area contributed by atoms with Gasteiger partial charge in [0.1, 0.15) is 18.3 Å². The second-order valence-corrected chi connectivity index (χ2v) is 11.0. The van der Waals surface area contributed by atoms with Gasteiger partial charge in [0.2, 0.25) is 21.8 Å². The number of amides is 2. The maximum Gasteiger partial charge on any atom is 0.244 e. The predicted octanol–water partition coefficient (Wildman–Crippen LogP) is 3.80. The van der Waals surface area contributed by atoms with Gasteiger partial charge < -0.3 is 15.0 Å². The highest BCUT2D eigenvalue weighted by Crippen LogP contribution is 2.31. The quantitative estimate of drug-likeness (QED) is 0.462. The first-order chi connectivity index (χ1) is 16.9. The van der Waals surface area contributed by atoms with E-state index in [1.807, 2.05) is 58.9 Å². The molecule has 2 rings (SSSR count). The van der Waals surface area contributed by atoms with Crippen LogP contribution < -0.4 is 14.4 Å². The first-order valence-corrected chi connectivity index (χ1v) is 14.0. The van der Waals surface area contributed by atoms with E-state index in [-0.39, 0.29) is 24.2 Å². The number of anilines is 1. The number of sulfonamides is 1. The second kappa shape index (κ2) is 12.8. The van der Waals surface area contributed by atoms with Crippen LogP contribution in [0, 0.1) is 13.8 Å². The summed E-state index contributed by atoms with van der Waals surface area (Å²) in [5.74, 6) is -0.392. The molecule has 0 fully saturated rings. The lowest BCUT2D eigenvalue weighted by Gasteiger charge is -2.34. The van der Waals surface area contributed by atoms with Crippen LogP contribution in [0.15, 0.2) is 42.5 Å². The molecule has 0 saturated carbocycles. The molecule has 2 amide bonds. The highest BCUT2D eigenvalue weighted by Gasteiger charge is 2.33. The van der Waals surface area contributed by atoms with Crippen molar-refractivity contribution in [2.45, 2.75) is 66.1 Å². The number of hydrogen-bond acceptors (Lipinski definition) is 5. The number of carbonyl (C=O) groups is 2. The molecule has 0 saturated heterocycles. The van der Waals surface area contributed by atoms with E-state index in [0.717, 1.165) is 33.7 Å². The zero-order valence-electron chi connectivity index (χ0n) is 22.4. The molecular formula is C27H39N3O5S. The lowest BCUT2D eigenvalue weighted by atomic mass is 10.1. The molecule has 2 aromatic rings. The average molecular weight is 518 g/mol. The molecule has 0 heterocycles. The van der Waals surface area contributed by atoms with Gasteiger partial charge in [0.25, 0.3) is 0 Å². The highest BCUT2D eigenvalue weighted by atomic mass is 32.2. The minimum atomic E-state index is -3.85. The lowest BCUT2D eigenvalue weighted by molar-refractivity contribution is -0.140. The van der Waals surface area contributed by atoms with Crippen molar-refractivity contribution < 1.29 is 22.7 Å². The number of nitrogens with one attached hydrogen (secondary N) is 1. The number of methoxy groups -OCH3 is 1. The van der Waals surface area contributed by atoms with E-state index in [2.05, 4.69) is 5.32 Å². The molecule has 0 spiro atoms. The molecule has 8 nitrogen and oxygen atoms in total. The standard InChI is InChI=1S/C27H39N3O5S/c1-8-21(5)28-27(32)23(9-2)29(17-22-13-11-10-12-20(22)4)26(31)18-30(36(7,33)34)24-16-19(3)14-15-25(24)35-6/h10-16,21,23H,8-9,17-18H2,1-7H3,(H,28,32)/t21-,23-/m1/s1. The number of benzene rings is 2. The largest absolute Gasteiger partial charge is 0.495 e. The SMILES string of the molecule is CC[C@@H](C)NC(=O)[C@@H](CC)N(Cc1ccccc1C)C(=O)CN(c1cc(C)ccc1OC)S(C)(=O)=O. The van der Waals surface area contributed by atoms with Crippen molar-refractivity contribution in [3.63, 3.8) is 0 Å². The maximum absolute atomic E-state index is 13.8. The molecule has 36 heavy (non-hydrogen) atoms. The molecule has 2 aromatic carbocycles. The van der Waals surface area contributed by atoms with E-state index in [0.29, 0.717) is 12.2 Å². The molecule has 0 bridgehead atoms. The molecule has 1 N–H and O–H groups in total. The van der Waals surface area contributed by atoms with Crippen LogP contribution in [-0.2, 0) is 26.2 Å². The molecule has 9 heteroatoms. The monoisotopic (exact) mass is 517 g/mol. The van der Waals surface area contributed by atoms with Crippen molar-refractivity contribution in [3.8, 4) is 5.75 Å². The summed E-state index contributed by atoms with van der Waals surface area (Å²) in [6.07, 6.45) is 2.19. The van der Waals surface area contributed by atoms with Crippen molar-refractivity contribution in [3.05, 3.63) is 59.2 Å². The Kier molecular flexibility index (Phi) is 10.3. The fraction of sp³-hybridized carbons (Fsp3) is 0.481. The summed E-state index contributed by atoms with van der Waals surface area (Å²) in [6, 6.07) is 12.0. The van der Waals surface area contributed by atoms with Crippen LogP contribution in [-0.4, -0.2) is 57.1 Å². The van der Waals surface area contributed by atoms with Gasteiger partial charge in [-0.1, -0.05) is 44.2 Å². The van der Waals surface area contributed by atoms with Crippen LogP contribution in [0.25, 0.3) is 0 Å². The summed E-state index contributed by atoms with van der Waals surface area (Å²) < 4.78 is 32.2. The van der Waals surface area contributed by atoms with Gasteiger partial charge in [0.15, 0.2) is 0 Å². The zero-order chi connectivity index (χ0) is 27.0. The van der Waals surface area contributed by atoms with Gasteiger partial charge in [-0.2, -0.15) is 0 Å². The molecule has 0 unspecified atom stereocenters. The van der Waals surface area contributed by atoms with Crippen molar-refractivity contribution >= 4 is 27.5 Å². The van der Waals surface area contributed by atoms with Crippen molar-refractivity contribution in [2.75, 3.05) is 24.2 Å². The smallest absolute Gasteiger partial charge is 0.244 e. The van der Waals surface area contributed by atoms with Crippen LogP contribution in [0.4, 0.5) is 5.69 Å². The van der Waals surface area contributed by atoms with Crippen LogP contribution in [0.2, 0.25) is 0 Å². The van der Waals surface area contributed by atoms with E-state index in [1.54, 1.807) is 18.2 Å². The third-order valence-corrected chi connectivity index (χ3v) is 7.40. The number of carbonyl (C=O) groups excluding carboxylic acids is 2. The lowest BCUT2D eigenvalue weighted by Crippen LogP contribution is -2.53. The molecular weight excluding hydrogens is 478 g/mol. The number of ether oxygens (including phenoxy) is 1. The third-order valence-electron chi connectivity index (χ3n) is 6.27. The van der Waals surface area contributed by atoms with E-state index in [9.17, 15) is 18.0 Å². The van der Waals surface area contributed by atoms with Gasteiger partial charge in [-0.3, -0.25) is 13.9 Å². The first kappa shape index (κ1) is 29.2. The van der Waals surface area contributed by atoms with Crippen LogP contribution >= 0.6 is 0 Å². The van der Waals surface area contributed by atoms with Crippen LogP contribution in [0.1, 0.15) is 50.3 Å². The Hall–Kier alpha value is -3.07. The van der Waals surface area contributed by atoms with E-state index >= 15 is 0 Å². The Balaban J connectivity index is 2.53. The molecule has 0 aliphatic carbocycles. The highest BCUT2D eigenvalue weighted by molar-refractivity contribution is 7.92. The molecule has 198 valence electrons. The number of rotatable bonds is 12. The number of aryl methyl sites for hydroxylation is 2. The Morgan fingerprint density at radius 2 is 1.72 bits per heavy atom. The van der Waals surface area contributed by atoms with Crippen molar-refractivity contribution in [2.24, 2.45) is 0 Å². The summed E-state index contributed by atoms with van der Waals surface area (Å²) in [5, 5.41) is 2.97.